The van der Waals surface area contributed by atoms with Crippen molar-refractivity contribution in [1.29, 1.82) is 0 Å². The number of hydrogen-bond acceptors (Lipinski definition) is 6. The lowest BCUT2D eigenvalue weighted by Gasteiger charge is -2.17. The molecule has 2 heterocycles. The van der Waals surface area contributed by atoms with Gasteiger partial charge in [-0.2, -0.15) is 0 Å². The number of aryl methyl sites for hydroxylation is 1. The number of fused-ring (bicyclic) bond motifs is 1. The first-order chi connectivity index (χ1) is 15.2. The Bertz CT molecular complexity index is 1170. The van der Waals surface area contributed by atoms with Gasteiger partial charge in [0.1, 0.15) is 23.5 Å². The number of methoxy groups -OCH3 is 1. The maximum absolute atomic E-state index is 9.92. The molecule has 4 N–H and O–H groups in total. The fourth-order valence-corrected chi connectivity index (χ4v) is 3.81. The lowest BCUT2D eigenvalue weighted by Crippen LogP contribution is -2.15. The van der Waals surface area contributed by atoms with Gasteiger partial charge in [0, 0.05) is 5.56 Å². The molecule has 4 rings (SSSR count). The van der Waals surface area contributed by atoms with Crippen molar-refractivity contribution in [3.63, 3.8) is 0 Å². The van der Waals surface area contributed by atoms with Crippen LogP contribution in [0.1, 0.15) is 29.7 Å². The van der Waals surface area contributed by atoms with Crippen LogP contribution in [0.25, 0.3) is 22.3 Å². The number of benzene rings is 2. The van der Waals surface area contributed by atoms with Gasteiger partial charge < -0.3 is 25.3 Å². The summed E-state index contributed by atoms with van der Waals surface area (Å²) in [4.78, 5) is 12.1. The van der Waals surface area contributed by atoms with Crippen LogP contribution in [-0.4, -0.2) is 38.9 Å². The summed E-state index contributed by atoms with van der Waals surface area (Å²) >= 11 is 0. The fourth-order valence-electron chi connectivity index (χ4n) is 3.81. The number of aromatic nitrogens is 3. The van der Waals surface area contributed by atoms with E-state index in [1.165, 1.54) is 6.33 Å². The summed E-state index contributed by atoms with van der Waals surface area (Å²) in [6.07, 6.45) is 2.29. The lowest BCUT2D eigenvalue weighted by atomic mass is 9.99. The first kappa shape index (κ1) is 20.8. The van der Waals surface area contributed by atoms with Gasteiger partial charge in [0.15, 0.2) is 0 Å². The number of aliphatic hydroxyl groups is 2. The Labute approximate surface area is 180 Å². The molecule has 7 heteroatoms. The van der Waals surface area contributed by atoms with Gasteiger partial charge in [-0.05, 0) is 41.3 Å². The highest BCUT2D eigenvalue weighted by Gasteiger charge is 2.17. The molecule has 0 saturated carbocycles. The van der Waals surface area contributed by atoms with Gasteiger partial charge in [0.25, 0.3) is 0 Å². The zero-order chi connectivity index (χ0) is 21.8. The molecule has 0 aliphatic heterocycles. The minimum Gasteiger partial charge on any atom is -0.496 e. The van der Waals surface area contributed by atoms with E-state index in [0.717, 1.165) is 39.8 Å². The van der Waals surface area contributed by atoms with Gasteiger partial charge in [0.2, 0.25) is 0 Å². The monoisotopic (exact) mass is 418 g/mol. The van der Waals surface area contributed by atoms with Crippen molar-refractivity contribution in [2.45, 2.75) is 26.0 Å². The van der Waals surface area contributed by atoms with E-state index >= 15 is 0 Å². The summed E-state index contributed by atoms with van der Waals surface area (Å²) in [5.74, 6) is 1.31. The number of H-pyrrole nitrogens is 1. The molecule has 0 spiro atoms. The highest BCUT2D eigenvalue weighted by Crippen LogP contribution is 2.36. The minimum absolute atomic E-state index is 0.0336. The third-order valence-corrected chi connectivity index (χ3v) is 5.48. The second-order valence-electron chi connectivity index (χ2n) is 7.29. The molecule has 0 fully saturated rings. The summed E-state index contributed by atoms with van der Waals surface area (Å²) in [5.41, 5.74) is 5.31. The van der Waals surface area contributed by atoms with Crippen LogP contribution in [0, 0.1) is 0 Å². The van der Waals surface area contributed by atoms with Crippen LogP contribution >= 0.6 is 0 Å². The number of anilines is 1. The summed E-state index contributed by atoms with van der Waals surface area (Å²) < 4.78 is 5.59. The van der Waals surface area contributed by atoms with Gasteiger partial charge in [-0.15, -0.1) is 0 Å². The van der Waals surface area contributed by atoms with Gasteiger partial charge in [0.05, 0.1) is 37.4 Å². The van der Waals surface area contributed by atoms with Crippen molar-refractivity contribution in [3.8, 4) is 17.0 Å². The number of aliphatic hydroxyl groups excluding tert-OH is 2. The Kier molecular flexibility index (Phi) is 6.16. The highest BCUT2D eigenvalue weighted by molar-refractivity contribution is 5.92. The van der Waals surface area contributed by atoms with Gasteiger partial charge in [-0.1, -0.05) is 37.3 Å². The first-order valence-corrected chi connectivity index (χ1v) is 10.3. The average molecular weight is 418 g/mol. The van der Waals surface area contributed by atoms with E-state index in [9.17, 15) is 10.2 Å². The molecule has 31 heavy (non-hydrogen) atoms. The van der Waals surface area contributed by atoms with Crippen molar-refractivity contribution < 1.29 is 14.9 Å². The molecule has 160 valence electrons. The molecule has 1 unspecified atom stereocenters. The molecule has 0 aliphatic rings. The summed E-state index contributed by atoms with van der Waals surface area (Å²) in [6, 6.07) is 15.4. The van der Waals surface area contributed by atoms with Crippen LogP contribution < -0.4 is 10.1 Å². The summed E-state index contributed by atoms with van der Waals surface area (Å²) in [5, 5.41) is 23.7. The molecular formula is C24H26N4O3. The van der Waals surface area contributed by atoms with Crippen LogP contribution in [-0.2, 0) is 13.0 Å². The third-order valence-electron chi connectivity index (χ3n) is 5.48. The van der Waals surface area contributed by atoms with Gasteiger partial charge >= 0.3 is 0 Å². The quantitative estimate of drug-likeness (QED) is 0.347. The van der Waals surface area contributed by atoms with Crippen LogP contribution in [0.5, 0.6) is 5.75 Å². The van der Waals surface area contributed by atoms with Crippen LogP contribution in [0.4, 0.5) is 5.82 Å². The second-order valence-corrected chi connectivity index (χ2v) is 7.29. The van der Waals surface area contributed by atoms with E-state index < -0.39 is 0 Å². The molecule has 0 saturated heterocycles. The first-order valence-electron chi connectivity index (χ1n) is 10.3. The predicted octanol–water partition coefficient (Wildman–Crippen LogP) is 3.83. The maximum atomic E-state index is 9.92. The smallest absolute Gasteiger partial charge is 0.143 e. The van der Waals surface area contributed by atoms with Crippen LogP contribution in [0.3, 0.4) is 0 Å². The zero-order valence-electron chi connectivity index (χ0n) is 17.6. The number of hydrogen-bond donors (Lipinski definition) is 4. The third kappa shape index (κ3) is 4.10. The number of rotatable bonds is 8. The molecule has 1 atom stereocenters. The summed E-state index contributed by atoms with van der Waals surface area (Å²) in [6.45, 7) is 1.96. The van der Waals surface area contributed by atoms with E-state index in [2.05, 4.69) is 27.2 Å². The topological polar surface area (TPSA) is 103 Å². The molecule has 2 aromatic carbocycles. The SMILES string of the molecule is CCc1cc(-c2cc3c(NC(CO)c4ccccc4)ncnc3[nH]2)c(OC)cc1CO. The Morgan fingerprint density at radius 1 is 1.06 bits per heavy atom. The van der Waals surface area contributed by atoms with E-state index in [1.807, 2.05) is 48.5 Å². The predicted molar refractivity (Wildman–Crippen MR) is 121 cm³/mol. The highest BCUT2D eigenvalue weighted by atomic mass is 16.5. The zero-order valence-corrected chi connectivity index (χ0v) is 17.6. The van der Waals surface area contributed by atoms with Crippen molar-refractivity contribution in [2.24, 2.45) is 0 Å². The molecule has 7 nitrogen and oxygen atoms in total. The maximum Gasteiger partial charge on any atom is 0.143 e. The fraction of sp³-hybridized carbons (Fsp3) is 0.250. The van der Waals surface area contributed by atoms with E-state index in [-0.39, 0.29) is 19.3 Å². The van der Waals surface area contributed by atoms with Crippen molar-refractivity contribution in [3.05, 3.63) is 71.5 Å². The largest absolute Gasteiger partial charge is 0.496 e. The standard InChI is InChI=1S/C24H26N4O3/c1-3-15-9-18(22(31-2)10-17(15)12-29)20-11-19-23(27-20)25-14-26-24(19)28-21(13-30)16-7-5-4-6-8-16/h4-11,14,21,29-30H,3,12-13H2,1-2H3,(H2,25,26,27,28). The van der Waals surface area contributed by atoms with Crippen LogP contribution in [0.2, 0.25) is 0 Å². The molecule has 0 bridgehead atoms. The van der Waals surface area contributed by atoms with E-state index in [0.29, 0.717) is 17.2 Å². The number of ether oxygens (including phenoxy) is 1. The number of nitrogens with zero attached hydrogens (tertiary/aromatic N) is 2. The molecule has 0 radical (unpaired) electrons. The van der Waals surface area contributed by atoms with Crippen molar-refractivity contribution in [2.75, 3.05) is 19.0 Å². The van der Waals surface area contributed by atoms with E-state index in [1.54, 1.807) is 7.11 Å². The normalized spacial score (nSPS) is 12.1. The molecule has 0 aliphatic carbocycles. The van der Waals surface area contributed by atoms with Crippen molar-refractivity contribution in [1.82, 2.24) is 15.0 Å². The molecule has 0 amide bonds. The average Bonchev–Trinajstić information content (AvgIpc) is 3.27. The van der Waals surface area contributed by atoms with E-state index in [4.69, 9.17) is 4.74 Å². The number of nitrogens with one attached hydrogen (secondary N) is 2. The molecular weight excluding hydrogens is 392 g/mol. The van der Waals surface area contributed by atoms with Crippen molar-refractivity contribution >= 4 is 16.9 Å². The Balaban J connectivity index is 1.76. The minimum atomic E-state index is -0.289. The summed E-state index contributed by atoms with van der Waals surface area (Å²) in [7, 11) is 1.62. The lowest BCUT2D eigenvalue weighted by molar-refractivity contribution is 0.276. The Hall–Kier alpha value is -3.42. The Morgan fingerprint density at radius 2 is 1.87 bits per heavy atom. The van der Waals surface area contributed by atoms with Gasteiger partial charge in [-0.25, -0.2) is 9.97 Å². The van der Waals surface area contributed by atoms with Gasteiger partial charge in [-0.3, -0.25) is 0 Å². The Morgan fingerprint density at radius 3 is 2.55 bits per heavy atom. The second kappa shape index (κ2) is 9.16. The molecule has 2 aromatic heterocycles. The van der Waals surface area contributed by atoms with Crippen LogP contribution in [0.15, 0.2) is 54.9 Å². The molecule has 4 aromatic rings. The number of aromatic amines is 1.